The molecule has 0 unspecified atom stereocenters. The van der Waals surface area contributed by atoms with Crippen LogP contribution in [0.5, 0.6) is 5.75 Å². The largest absolute Gasteiger partial charge is 0.491 e. The van der Waals surface area contributed by atoms with Gasteiger partial charge >= 0.3 is 0 Å². The Balaban J connectivity index is 2.02. The molecule has 1 aromatic carbocycles. The number of ether oxygens (including phenoxy) is 2. The normalized spacial score (nSPS) is 17.3. The van der Waals surface area contributed by atoms with E-state index in [-0.39, 0.29) is 5.41 Å². The second-order valence-electron chi connectivity index (χ2n) is 4.35. The van der Waals surface area contributed by atoms with E-state index in [1.807, 2.05) is 6.07 Å². The molecule has 0 spiro atoms. The van der Waals surface area contributed by atoms with Gasteiger partial charge in [-0.05, 0) is 18.2 Å². The molecule has 1 aromatic rings. The Morgan fingerprint density at radius 2 is 2.31 bits per heavy atom. The van der Waals surface area contributed by atoms with Crippen molar-refractivity contribution >= 4 is 11.6 Å². The SMILES string of the molecule is CC1(COc2ccc(C#N)cc2Cl)COC1. The zero-order chi connectivity index (χ0) is 11.6. The number of nitriles is 1. The average molecular weight is 238 g/mol. The Morgan fingerprint density at radius 1 is 1.56 bits per heavy atom. The molecular formula is C12H12ClNO2. The summed E-state index contributed by atoms with van der Waals surface area (Å²) in [7, 11) is 0. The van der Waals surface area contributed by atoms with Gasteiger partial charge in [-0.15, -0.1) is 0 Å². The quantitative estimate of drug-likeness (QED) is 0.812. The van der Waals surface area contributed by atoms with Gasteiger partial charge in [-0.2, -0.15) is 5.26 Å². The molecule has 0 bridgehead atoms. The summed E-state index contributed by atoms with van der Waals surface area (Å²) in [5, 5.41) is 9.17. The van der Waals surface area contributed by atoms with Crippen LogP contribution < -0.4 is 4.74 Å². The van der Waals surface area contributed by atoms with Crippen molar-refractivity contribution in [2.24, 2.45) is 5.41 Å². The summed E-state index contributed by atoms with van der Waals surface area (Å²) < 4.78 is 10.8. The monoisotopic (exact) mass is 237 g/mol. The van der Waals surface area contributed by atoms with E-state index in [9.17, 15) is 0 Å². The fourth-order valence-corrected chi connectivity index (χ4v) is 1.71. The van der Waals surface area contributed by atoms with E-state index < -0.39 is 0 Å². The molecular weight excluding hydrogens is 226 g/mol. The molecule has 4 heteroatoms. The summed E-state index contributed by atoms with van der Waals surface area (Å²) in [6.45, 7) is 4.13. The van der Waals surface area contributed by atoms with Crippen molar-refractivity contribution in [3.63, 3.8) is 0 Å². The van der Waals surface area contributed by atoms with Crippen LogP contribution in [0, 0.1) is 16.7 Å². The van der Waals surface area contributed by atoms with Crippen molar-refractivity contribution in [2.75, 3.05) is 19.8 Å². The molecule has 1 saturated heterocycles. The maximum atomic E-state index is 8.69. The molecule has 1 fully saturated rings. The first-order valence-electron chi connectivity index (χ1n) is 5.03. The van der Waals surface area contributed by atoms with Crippen LogP contribution in [0.25, 0.3) is 0 Å². The standard InChI is InChI=1S/C12H12ClNO2/c1-12(6-15-7-12)8-16-11-3-2-9(5-14)4-10(11)13/h2-4H,6-8H2,1H3. The highest BCUT2D eigenvalue weighted by atomic mass is 35.5. The van der Waals surface area contributed by atoms with E-state index >= 15 is 0 Å². The van der Waals surface area contributed by atoms with Gasteiger partial charge in [-0.1, -0.05) is 18.5 Å². The smallest absolute Gasteiger partial charge is 0.138 e. The molecule has 0 aromatic heterocycles. The summed E-state index contributed by atoms with van der Waals surface area (Å²) >= 11 is 5.99. The molecule has 16 heavy (non-hydrogen) atoms. The van der Waals surface area contributed by atoms with E-state index in [1.54, 1.807) is 18.2 Å². The maximum Gasteiger partial charge on any atom is 0.138 e. The van der Waals surface area contributed by atoms with E-state index in [4.69, 9.17) is 26.3 Å². The average Bonchev–Trinajstić information content (AvgIpc) is 2.25. The van der Waals surface area contributed by atoms with Crippen LogP contribution >= 0.6 is 11.6 Å². The van der Waals surface area contributed by atoms with Gasteiger partial charge in [0.05, 0.1) is 36.5 Å². The Hall–Kier alpha value is -1.24. The van der Waals surface area contributed by atoms with Crippen molar-refractivity contribution < 1.29 is 9.47 Å². The van der Waals surface area contributed by atoms with Gasteiger partial charge in [0.2, 0.25) is 0 Å². The van der Waals surface area contributed by atoms with Gasteiger partial charge in [-0.3, -0.25) is 0 Å². The zero-order valence-electron chi connectivity index (χ0n) is 9.00. The Morgan fingerprint density at radius 3 is 2.81 bits per heavy atom. The van der Waals surface area contributed by atoms with Gasteiger partial charge in [0.15, 0.2) is 0 Å². The predicted octanol–water partition coefficient (Wildman–Crippen LogP) is 2.63. The van der Waals surface area contributed by atoms with Crippen LogP contribution in [0.2, 0.25) is 5.02 Å². The lowest BCUT2D eigenvalue weighted by molar-refractivity contribution is -0.120. The van der Waals surface area contributed by atoms with Crippen molar-refractivity contribution in [3.05, 3.63) is 28.8 Å². The number of halogens is 1. The highest BCUT2D eigenvalue weighted by molar-refractivity contribution is 6.32. The minimum Gasteiger partial charge on any atom is -0.491 e. The van der Waals surface area contributed by atoms with Crippen molar-refractivity contribution in [1.82, 2.24) is 0 Å². The maximum absolute atomic E-state index is 8.69. The van der Waals surface area contributed by atoms with Crippen LogP contribution in [0.15, 0.2) is 18.2 Å². The predicted molar refractivity (Wildman–Crippen MR) is 60.6 cm³/mol. The van der Waals surface area contributed by atoms with E-state index in [0.29, 0.717) is 22.9 Å². The van der Waals surface area contributed by atoms with Gasteiger partial charge in [0.25, 0.3) is 0 Å². The van der Waals surface area contributed by atoms with Crippen LogP contribution in [0.4, 0.5) is 0 Å². The molecule has 0 aliphatic carbocycles. The van der Waals surface area contributed by atoms with E-state index in [2.05, 4.69) is 6.92 Å². The minimum absolute atomic E-state index is 0.0945. The third-order valence-electron chi connectivity index (χ3n) is 2.54. The fraction of sp³-hybridized carbons (Fsp3) is 0.417. The summed E-state index contributed by atoms with van der Waals surface area (Å²) in [5.41, 5.74) is 0.632. The Bertz CT molecular complexity index is 435. The molecule has 84 valence electrons. The van der Waals surface area contributed by atoms with Gasteiger partial charge in [0, 0.05) is 5.41 Å². The number of nitrogens with zero attached hydrogens (tertiary/aromatic N) is 1. The third kappa shape index (κ3) is 2.29. The number of rotatable bonds is 3. The molecule has 2 rings (SSSR count). The summed E-state index contributed by atoms with van der Waals surface area (Å²) in [6.07, 6.45) is 0. The lowest BCUT2D eigenvalue weighted by Crippen LogP contribution is -2.44. The first-order valence-corrected chi connectivity index (χ1v) is 5.41. The van der Waals surface area contributed by atoms with E-state index in [0.717, 1.165) is 13.2 Å². The summed E-state index contributed by atoms with van der Waals surface area (Å²) in [6, 6.07) is 7.06. The highest BCUT2D eigenvalue weighted by Gasteiger charge is 2.34. The topological polar surface area (TPSA) is 42.2 Å². The minimum atomic E-state index is 0.0945. The summed E-state index contributed by atoms with van der Waals surface area (Å²) in [4.78, 5) is 0. The number of benzene rings is 1. The van der Waals surface area contributed by atoms with Crippen molar-refractivity contribution in [2.45, 2.75) is 6.92 Å². The second kappa shape index (κ2) is 4.32. The first-order chi connectivity index (χ1) is 7.63. The molecule has 1 aliphatic rings. The molecule has 0 saturated carbocycles. The molecule has 0 atom stereocenters. The van der Waals surface area contributed by atoms with Crippen LogP contribution in [0.1, 0.15) is 12.5 Å². The fourth-order valence-electron chi connectivity index (χ4n) is 1.47. The van der Waals surface area contributed by atoms with Crippen molar-refractivity contribution in [3.8, 4) is 11.8 Å². The molecule has 0 amide bonds. The van der Waals surface area contributed by atoms with E-state index in [1.165, 1.54) is 0 Å². The molecule has 3 nitrogen and oxygen atoms in total. The molecule has 0 N–H and O–H groups in total. The first kappa shape index (κ1) is 11.3. The lowest BCUT2D eigenvalue weighted by Gasteiger charge is -2.37. The van der Waals surface area contributed by atoms with Gasteiger partial charge < -0.3 is 9.47 Å². The Kier molecular flexibility index (Phi) is 3.04. The number of hydrogen-bond acceptors (Lipinski definition) is 3. The molecule has 1 aliphatic heterocycles. The lowest BCUT2D eigenvalue weighted by atomic mass is 9.90. The Labute approximate surface area is 99.5 Å². The summed E-state index contributed by atoms with van der Waals surface area (Å²) in [5.74, 6) is 0.619. The third-order valence-corrected chi connectivity index (χ3v) is 2.83. The van der Waals surface area contributed by atoms with Gasteiger partial charge in [-0.25, -0.2) is 0 Å². The second-order valence-corrected chi connectivity index (χ2v) is 4.76. The van der Waals surface area contributed by atoms with Crippen molar-refractivity contribution in [1.29, 1.82) is 5.26 Å². The van der Waals surface area contributed by atoms with Crippen LogP contribution in [-0.4, -0.2) is 19.8 Å². The highest BCUT2D eigenvalue weighted by Crippen LogP contribution is 2.30. The van der Waals surface area contributed by atoms with Crippen LogP contribution in [0.3, 0.4) is 0 Å². The zero-order valence-corrected chi connectivity index (χ0v) is 9.75. The van der Waals surface area contributed by atoms with Crippen LogP contribution in [-0.2, 0) is 4.74 Å². The number of hydrogen-bond donors (Lipinski definition) is 0. The molecule has 1 heterocycles. The van der Waals surface area contributed by atoms with Gasteiger partial charge in [0.1, 0.15) is 5.75 Å². The molecule has 0 radical (unpaired) electrons.